The Morgan fingerprint density at radius 1 is 0.914 bits per heavy atom. The molecular formula is C27H24F2N4O2. The standard InChI is InChI=1S/C27H24F2N4O2/c28-19-6-9-24(29)26(15-19)32-27(34)31-25-10-8-21(22-3-1-2-4-23(22)25)18-5-7-20(30-16-18)17-33-11-13-35-14-12-33/h1-10,15-16H,11-14,17H2,(H2,31,32,34). The molecule has 0 spiro atoms. The van der Waals surface area contributed by atoms with E-state index in [4.69, 9.17) is 4.74 Å². The molecule has 4 aromatic rings. The quantitative estimate of drug-likeness (QED) is 0.392. The van der Waals surface area contributed by atoms with E-state index in [9.17, 15) is 13.6 Å². The fourth-order valence-electron chi connectivity index (χ4n) is 4.19. The maximum absolute atomic E-state index is 13.9. The molecule has 6 nitrogen and oxygen atoms in total. The number of amides is 2. The summed E-state index contributed by atoms with van der Waals surface area (Å²) in [4.78, 5) is 19.5. The van der Waals surface area contributed by atoms with Gasteiger partial charge < -0.3 is 15.4 Å². The maximum Gasteiger partial charge on any atom is 0.323 e. The number of carbonyl (C=O) groups excluding carboxylic acids is 1. The number of ether oxygens (including phenoxy) is 1. The number of morpholine rings is 1. The predicted octanol–water partition coefficient (Wildman–Crippen LogP) is 5.66. The molecule has 1 saturated heterocycles. The molecule has 1 fully saturated rings. The Labute approximate surface area is 201 Å². The van der Waals surface area contributed by atoms with Gasteiger partial charge in [0.2, 0.25) is 0 Å². The molecule has 178 valence electrons. The SMILES string of the molecule is O=C(Nc1cc(F)ccc1F)Nc1ccc(-c2ccc(CN3CCOCC3)nc2)c2ccccc12. The lowest BCUT2D eigenvalue weighted by Crippen LogP contribution is -2.35. The summed E-state index contributed by atoms with van der Waals surface area (Å²) < 4.78 is 32.7. The first-order valence-corrected chi connectivity index (χ1v) is 11.4. The zero-order valence-electron chi connectivity index (χ0n) is 18.9. The van der Waals surface area contributed by atoms with Crippen LogP contribution in [0.1, 0.15) is 5.69 Å². The summed E-state index contributed by atoms with van der Waals surface area (Å²) in [6.45, 7) is 4.09. The highest BCUT2D eigenvalue weighted by Gasteiger charge is 2.14. The van der Waals surface area contributed by atoms with E-state index in [0.717, 1.165) is 78.6 Å². The van der Waals surface area contributed by atoms with E-state index in [2.05, 4.69) is 26.6 Å². The summed E-state index contributed by atoms with van der Waals surface area (Å²) >= 11 is 0. The Morgan fingerprint density at radius 2 is 1.69 bits per heavy atom. The number of urea groups is 1. The number of fused-ring (bicyclic) bond motifs is 1. The summed E-state index contributed by atoms with van der Waals surface area (Å²) in [7, 11) is 0. The van der Waals surface area contributed by atoms with Crippen molar-refractivity contribution < 1.29 is 18.3 Å². The van der Waals surface area contributed by atoms with E-state index in [1.165, 1.54) is 0 Å². The minimum atomic E-state index is -0.716. The molecule has 0 aliphatic carbocycles. The smallest absolute Gasteiger partial charge is 0.323 e. The first-order valence-electron chi connectivity index (χ1n) is 11.4. The van der Waals surface area contributed by atoms with Gasteiger partial charge in [0, 0.05) is 42.8 Å². The van der Waals surface area contributed by atoms with Crippen LogP contribution in [0.3, 0.4) is 0 Å². The van der Waals surface area contributed by atoms with Crippen molar-refractivity contribution in [3.63, 3.8) is 0 Å². The minimum absolute atomic E-state index is 0.230. The van der Waals surface area contributed by atoms with Gasteiger partial charge in [-0.15, -0.1) is 0 Å². The number of nitrogens with zero attached hydrogens (tertiary/aromatic N) is 2. The van der Waals surface area contributed by atoms with Crippen LogP contribution in [0.25, 0.3) is 21.9 Å². The monoisotopic (exact) mass is 474 g/mol. The molecule has 2 heterocycles. The van der Waals surface area contributed by atoms with Gasteiger partial charge in [-0.05, 0) is 35.2 Å². The Bertz CT molecular complexity index is 1360. The van der Waals surface area contributed by atoms with Crippen molar-refractivity contribution >= 4 is 28.2 Å². The number of nitrogens with one attached hydrogen (secondary N) is 2. The molecule has 1 aliphatic rings. The number of hydrogen-bond donors (Lipinski definition) is 2. The topological polar surface area (TPSA) is 66.5 Å². The van der Waals surface area contributed by atoms with Crippen molar-refractivity contribution in [1.29, 1.82) is 0 Å². The van der Waals surface area contributed by atoms with Crippen LogP contribution >= 0.6 is 0 Å². The molecule has 2 N–H and O–H groups in total. The molecule has 3 aromatic carbocycles. The maximum atomic E-state index is 13.9. The normalized spacial score (nSPS) is 14.1. The summed E-state index contributed by atoms with van der Waals surface area (Å²) in [5.74, 6) is -1.35. The average Bonchev–Trinajstić information content (AvgIpc) is 2.88. The number of rotatable bonds is 5. The van der Waals surface area contributed by atoms with Gasteiger partial charge in [0.15, 0.2) is 0 Å². The number of hydrogen-bond acceptors (Lipinski definition) is 4. The van der Waals surface area contributed by atoms with Gasteiger partial charge in [-0.3, -0.25) is 9.88 Å². The van der Waals surface area contributed by atoms with Gasteiger partial charge in [-0.2, -0.15) is 0 Å². The molecule has 0 unspecified atom stereocenters. The van der Waals surface area contributed by atoms with E-state index in [1.54, 1.807) is 6.07 Å². The van der Waals surface area contributed by atoms with Crippen LogP contribution in [-0.4, -0.2) is 42.2 Å². The molecule has 1 aliphatic heterocycles. The first-order chi connectivity index (χ1) is 17.1. The third kappa shape index (κ3) is 5.29. The van der Waals surface area contributed by atoms with Crippen LogP contribution in [0, 0.1) is 11.6 Å². The second-order valence-corrected chi connectivity index (χ2v) is 8.34. The molecule has 0 radical (unpaired) electrons. The molecule has 8 heteroatoms. The molecule has 2 amide bonds. The number of pyridine rings is 1. The number of halogens is 2. The number of carbonyl (C=O) groups is 1. The zero-order chi connectivity index (χ0) is 24.2. The minimum Gasteiger partial charge on any atom is -0.379 e. The molecular weight excluding hydrogens is 450 g/mol. The van der Waals surface area contributed by atoms with Gasteiger partial charge >= 0.3 is 6.03 Å². The van der Waals surface area contributed by atoms with Gasteiger partial charge in [-0.25, -0.2) is 13.6 Å². The zero-order valence-corrected chi connectivity index (χ0v) is 18.9. The fraction of sp³-hybridized carbons (Fsp3) is 0.185. The third-order valence-electron chi connectivity index (χ3n) is 5.97. The summed E-state index contributed by atoms with van der Waals surface area (Å²) in [5, 5.41) is 6.86. The van der Waals surface area contributed by atoms with Crippen molar-refractivity contribution in [2.45, 2.75) is 6.54 Å². The van der Waals surface area contributed by atoms with E-state index in [0.29, 0.717) is 5.69 Å². The highest BCUT2D eigenvalue weighted by Crippen LogP contribution is 2.33. The lowest BCUT2D eigenvalue weighted by atomic mass is 9.98. The highest BCUT2D eigenvalue weighted by molar-refractivity contribution is 6.09. The number of benzene rings is 3. The molecule has 0 saturated carbocycles. The molecule has 0 atom stereocenters. The number of anilines is 2. The van der Waals surface area contributed by atoms with Crippen LogP contribution in [0.2, 0.25) is 0 Å². The van der Waals surface area contributed by atoms with Crippen LogP contribution in [0.15, 0.2) is 72.9 Å². The second-order valence-electron chi connectivity index (χ2n) is 8.34. The Kier molecular flexibility index (Phi) is 6.65. The largest absolute Gasteiger partial charge is 0.379 e. The summed E-state index contributed by atoms with van der Waals surface area (Å²) in [5.41, 5.74) is 3.26. The third-order valence-corrected chi connectivity index (χ3v) is 5.97. The van der Waals surface area contributed by atoms with Crippen LogP contribution < -0.4 is 10.6 Å². The van der Waals surface area contributed by atoms with Gasteiger partial charge in [-0.1, -0.05) is 36.4 Å². The molecule has 35 heavy (non-hydrogen) atoms. The Morgan fingerprint density at radius 3 is 2.46 bits per heavy atom. The van der Waals surface area contributed by atoms with Crippen LogP contribution in [0.4, 0.5) is 25.0 Å². The van der Waals surface area contributed by atoms with Gasteiger partial charge in [0.1, 0.15) is 11.6 Å². The number of aromatic nitrogens is 1. The van der Waals surface area contributed by atoms with E-state index in [-0.39, 0.29) is 5.69 Å². The second kappa shape index (κ2) is 10.2. The van der Waals surface area contributed by atoms with Crippen molar-refractivity contribution in [2.24, 2.45) is 0 Å². The van der Waals surface area contributed by atoms with E-state index in [1.807, 2.05) is 42.6 Å². The van der Waals surface area contributed by atoms with Crippen molar-refractivity contribution in [3.05, 3.63) is 90.3 Å². The van der Waals surface area contributed by atoms with Crippen molar-refractivity contribution in [2.75, 3.05) is 36.9 Å². The van der Waals surface area contributed by atoms with Crippen LogP contribution in [-0.2, 0) is 11.3 Å². The van der Waals surface area contributed by atoms with E-state index < -0.39 is 17.7 Å². The highest BCUT2D eigenvalue weighted by atomic mass is 19.1. The van der Waals surface area contributed by atoms with Crippen molar-refractivity contribution in [3.8, 4) is 11.1 Å². The molecule has 0 bridgehead atoms. The average molecular weight is 475 g/mol. The summed E-state index contributed by atoms with van der Waals surface area (Å²) in [6, 6.07) is 17.7. The predicted molar refractivity (Wildman–Crippen MR) is 132 cm³/mol. The Hall–Kier alpha value is -3.88. The molecule has 5 rings (SSSR count). The summed E-state index contributed by atoms with van der Waals surface area (Å²) in [6.07, 6.45) is 1.87. The van der Waals surface area contributed by atoms with Gasteiger partial charge in [0.25, 0.3) is 0 Å². The van der Waals surface area contributed by atoms with Gasteiger partial charge in [0.05, 0.1) is 30.3 Å². The Balaban J connectivity index is 1.37. The van der Waals surface area contributed by atoms with Crippen LogP contribution in [0.5, 0.6) is 0 Å². The van der Waals surface area contributed by atoms with E-state index >= 15 is 0 Å². The lowest BCUT2D eigenvalue weighted by molar-refractivity contribution is 0.0336. The van der Waals surface area contributed by atoms with Crippen molar-refractivity contribution in [1.82, 2.24) is 9.88 Å². The fourth-order valence-corrected chi connectivity index (χ4v) is 4.19. The first kappa shape index (κ1) is 22.9. The molecule has 1 aromatic heterocycles. The lowest BCUT2D eigenvalue weighted by Gasteiger charge is -2.26.